The predicted octanol–water partition coefficient (Wildman–Crippen LogP) is 8.41. The van der Waals surface area contributed by atoms with E-state index in [1.807, 2.05) is 32.0 Å². The summed E-state index contributed by atoms with van der Waals surface area (Å²) in [4.78, 5) is 20.2. The largest absolute Gasteiger partial charge is 0.507 e. The van der Waals surface area contributed by atoms with E-state index in [1.54, 1.807) is 36.4 Å². The SMILES string of the molecule is Cc1cc(C)cc(C(=Nc2c(-c3ccccc3O)cccc2C(C)(C)C(=O)O)c2c(O)[nH]c3cc(C(F)(F)F)ccc23)c1. The Kier molecular flexibility index (Phi) is 7.29. The lowest BCUT2D eigenvalue weighted by atomic mass is 9.81. The van der Waals surface area contributed by atoms with E-state index in [2.05, 4.69) is 4.98 Å². The highest BCUT2D eigenvalue weighted by Gasteiger charge is 2.34. The number of nitrogens with zero attached hydrogens (tertiary/aromatic N) is 1. The van der Waals surface area contributed by atoms with Gasteiger partial charge in [-0.05, 0) is 63.6 Å². The number of nitrogens with one attached hydrogen (secondary N) is 1. The molecule has 4 N–H and O–H groups in total. The number of para-hydroxylation sites is 2. The van der Waals surface area contributed by atoms with Crippen molar-refractivity contribution in [3.63, 3.8) is 0 Å². The molecule has 0 bridgehead atoms. The summed E-state index contributed by atoms with van der Waals surface area (Å²) in [6, 6.07) is 20.3. The second-order valence-electron chi connectivity index (χ2n) is 11.1. The molecule has 0 aliphatic heterocycles. The zero-order chi connectivity index (χ0) is 31.3. The number of carboxylic acids is 1. The van der Waals surface area contributed by atoms with Crippen LogP contribution >= 0.6 is 0 Å². The Morgan fingerprint density at radius 3 is 2.12 bits per heavy atom. The number of carboxylic acid groups (broad SMARTS) is 1. The van der Waals surface area contributed by atoms with Crippen LogP contribution in [-0.2, 0) is 16.4 Å². The van der Waals surface area contributed by atoms with Crippen molar-refractivity contribution in [3.8, 4) is 22.8 Å². The number of phenolic OH excluding ortho intramolecular Hbond substituents is 1. The zero-order valence-corrected chi connectivity index (χ0v) is 23.8. The van der Waals surface area contributed by atoms with Crippen molar-refractivity contribution < 1.29 is 33.3 Å². The average Bonchev–Trinajstić information content (AvgIpc) is 3.25. The van der Waals surface area contributed by atoms with E-state index in [-0.39, 0.29) is 28.2 Å². The quantitative estimate of drug-likeness (QED) is 0.150. The standard InChI is InChI=1S/C34H29F3N2O4/c1-18-14-19(2)16-20(15-18)29(28-24-13-12-21(34(35,36)37)17-26(24)38-31(28)41)39-30-23(22-8-5-6-11-27(22)40)9-7-10-25(30)33(3,4)32(42)43/h5-17,38,40-41H,1-4H3,(H,42,43). The van der Waals surface area contributed by atoms with E-state index in [0.717, 1.165) is 23.3 Å². The van der Waals surface area contributed by atoms with E-state index in [9.17, 15) is 33.3 Å². The third kappa shape index (κ3) is 5.46. The highest BCUT2D eigenvalue weighted by molar-refractivity contribution is 6.22. The monoisotopic (exact) mass is 586 g/mol. The lowest BCUT2D eigenvalue weighted by Gasteiger charge is -2.24. The summed E-state index contributed by atoms with van der Waals surface area (Å²) in [6.45, 7) is 6.84. The Morgan fingerprint density at radius 1 is 0.837 bits per heavy atom. The van der Waals surface area contributed by atoms with Gasteiger partial charge in [0.25, 0.3) is 0 Å². The van der Waals surface area contributed by atoms with E-state index in [4.69, 9.17) is 4.99 Å². The van der Waals surface area contributed by atoms with Crippen molar-refractivity contribution in [2.45, 2.75) is 39.3 Å². The fourth-order valence-corrected chi connectivity index (χ4v) is 5.29. The molecule has 5 aromatic rings. The van der Waals surface area contributed by atoms with Crippen molar-refractivity contribution in [2.75, 3.05) is 0 Å². The summed E-state index contributed by atoms with van der Waals surface area (Å²) in [5.41, 5.74) is 1.81. The van der Waals surface area contributed by atoms with Crippen LogP contribution in [0.5, 0.6) is 11.6 Å². The van der Waals surface area contributed by atoms with E-state index in [0.29, 0.717) is 27.6 Å². The van der Waals surface area contributed by atoms with Crippen LogP contribution < -0.4 is 0 Å². The van der Waals surface area contributed by atoms with Crippen molar-refractivity contribution in [1.82, 2.24) is 4.98 Å². The molecule has 0 fully saturated rings. The topological polar surface area (TPSA) is 106 Å². The fraction of sp³-hybridized carbons (Fsp3) is 0.176. The maximum absolute atomic E-state index is 13.5. The summed E-state index contributed by atoms with van der Waals surface area (Å²) in [5.74, 6) is -1.56. The van der Waals surface area contributed by atoms with Crippen LogP contribution in [0.4, 0.5) is 18.9 Å². The molecule has 0 atom stereocenters. The van der Waals surface area contributed by atoms with Gasteiger partial charge in [0.15, 0.2) is 5.88 Å². The number of halogens is 3. The lowest BCUT2D eigenvalue weighted by molar-refractivity contribution is -0.142. The number of aromatic nitrogens is 1. The third-order valence-corrected chi connectivity index (χ3v) is 7.50. The summed E-state index contributed by atoms with van der Waals surface area (Å²) >= 11 is 0. The minimum Gasteiger partial charge on any atom is -0.507 e. The number of phenols is 1. The Hall–Kier alpha value is -5.05. The molecule has 9 heteroatoms. The Balaban J connectivity index is 1.92. The number of aryl methyl sites for hydroxylation is 2. The van der Waals surface area contributed by atoms with E-state index in [1.165, 1.54) is 26.0 Å². The van der Waals surface area contributed by atoms with Gasteiger partial charge in [0, 0.05) is 27.6 Å². The van der Waals surface area contributed by atoms with Crippen LogP contribution in [0, 0.1) is 13.8 Å². The molecule has 1 aromatic heterocycles. The number of aromatic amines is 1. The van der Waals surface area contributed by atoms with Crippen molar-refractivity contribution in [1.29, 1.82) is 0 Å². The number of aliphatic imine (C=N–C) groups is 1. The van der Waals surface area contributed by atoms with Gasteiger partial charge in [-0.25, -0.2) is 4.99 Å². The highest BCUT2D eigenvalue weighted by atomic mass is 19.4. The van der Waals surface area contributed by atoms with Crippen LogP contribution in [-0.4, -0.2) is 32.0 Å². The van der Waals surface area contributed by atoms with Crippen molar-refractivity contribution >= 4 is 28.3 Å². The first-order valence-electron chi connectivity index (χ1n) is 13.4. The maximum Gasteiger partial charge on any atom is 0.416 e. The molecule has 1 heterocycles. The van der Waals surface area contributed by atoms with Crippen molar-refractivity contribution in [2.24, 2.45) is 4.99 Å². The molecule has 0 amide bonds. The number of hydrogen-bond acceptors (Lipinski definition) is 4. The minimum atomic E-state index is -4.59. The number of aliphatic carboxylic acids is 1. The number of aromatic hydroxyl groups is 2. The Bertz CT molecular complexity index is 1900. The number of hydrogen-bond donors (Lipinski definition) is 4. The van der Waals surface area contributed by atoms with Gasteiger partial charge in [0.05, 0.1) is 27.9 Å². The summed E-state index contributed by atoms with van der Waals surface area (Å²) in [7, 11) is 0. The predicted molar refractivity (Wildman–Crippen MR) is 160 cm³/mol. The molecule has 0 saturated heterocycles. The van der Waals surface area contributed by atoms with Crippen molar-refractivity contribution in [3.05, 3.63) is 112 Å². The first-order valence-corrected chi connectivity index (χ1v) is 13.4. The van der Waals surface area contributed by atoms with Gasteiger partial charge in [0.2, 0.25) is 0 Å². The Morgan fingerprint density at radius 2 is 1.49 bits per heavy atom. The summed E-state index contributed by atoms with van der Waals surface area (Å²) in [5, 5.41) is 32.4. The molecular formula is C34H29F3N2O4. The zero-order valence-electron chi connectivity index (χ0n) is 23.8. The fourth-order valence-electron chi connectivity index (χ4n) is 5.29. The average molecular weight is 587 g/mol. The van der Waals surface area contributed by atoms with Gasteiger partial charge in [-0.3, -0.25) is 4.79 Å². The number of fused-ring (bicyclic) bond motifs is 1. The second-order valence-corrected chi connectivity index (χ2v) is 11.1. The first-order chi connectivity index (χ1) is 20.2. The lowest BCUT2D eigenvalue weighted by Crippen LogP contribution is -2.28. The van der Waals surface area contributed by atoms with Gasteiger partial charge in [-0.2, -0.15) is 13.2 Å². The normalized spacial score (nSPS) is 12.6. The van der Waals surface area contributed by atoms with Crippen LogP contribution in [0.2, 0.25) is 0 Å². The molecule has 0 saturated carbocycles. The van der Waals surface area contributed by atoms with Crippen LogP contribution in [0.3, 0.4) is 0 Å². The van der Waals surface area contributed by atoms with Gasteiger partial charge < -0.3 is 20.3 Å². The smallest absolute Gasteiger partial charge is 0.416 e. The number of H-pyrrole nitrogens is 1. The molecule has 0 radical (unpaired) electrons. The summed E-state index contributed by atoms with van der Waals surface area (Å²) in [6.07, 6.45) is -4.59. The number of carbonyl (C=O) groups is 1. The molecule has 43 heavy (non-hydrogen) atoms. The molecule has 0 aliphatic carbocycles. The number of alkyl halides is 3. The van der Waals surface area contributed by atoms with Crippen LogP contribution in [0.1, 0.15) is 47.2 Å². The summed E-state index contributed by atoms with van der Waals surface area (Å²) < 4.78 is 40.5. The second kappa shape index (κ2) is 10.7. The van der Waals surface area contributed by atoms with Gasteiger partial charge in [-0.1, -0.05) is 59.7 Å². The molecule has 0 spiro atoms. The number of benzene rings is 4. The van der Waals surface area contributed by atoms with Crippen LogP contribution in [0.15, 0.2) is 83.9 Å². The Labute approximate surface area is 245 Å². The van der Waals surface area contributed by atoms with Gasteiger partial charge in [-0.15, -0.1) is 0 Å². The van der Waals surface area contributed by atoms with E-state index >= 15 is 0 Å². The van der Waals surface area contributed by atoms with Gasteiger partial charge >= 0.3 is 12.1 Å². The maximum atomic E-state index is 13.5. The molecule has 5 rings (SSSR count). The van der Waals surface area contributed by atoms with Gasteiger partial charge in [0.1, 0.15) is 5.75 Å². The molecule has 220 valence electrons. The minimum absolute atomic E-state index is 0.0493. The first kappa shape index (κ1) is 29.4. The third-order valence-electron chi connectivity index (χ3n) is 7.50. The highest BCUT2D eigenvalue weighted by Crippen LogP contribution is 2.44. The number of rotatable bonds is 6. The molecule has 0 unspecified atom stereocenters. The molecule has 0 aliphatic rings. The molecular weight excluding hydrogens is 557 g/mol. The van der Waals surface area contributed by atoms with E-state index < -0.39 is 29.0 Å². The van der Waals surface area contributed by atoms with Crippen LogP contribution in [0.25, 0.3) is 22.0 Å². The molecule has 6 nitrogen and oxygen atoms in total. The molecule has 4 aromatic carbocycles.